The van der Waals surface area contributed by atoms with Crippen molar-refractivity contribution in [2.24, 2.45) is 0 Å². The number of rotatable bonds is 6. The summed E-state index contributed by atoms with van der Waals surface area (Å²) in [5.41, 5.74) is 1.18. The first-order valence-corrected chi connectivity index (χ1v) is 10.5. The topological polar surface area (TPSA) is 39.2 Å². The largest absolute Gasteiger partial charge is 0.491 e. The van der Waals surface area contributed by atoms with Gasteiger partial charge in [0.25, 0.3) is 0 Å². The Bertz CT molecular complexity index is 870. The number of thiophene rings is 1. The lowest BCUT2D eigenvalue weighted by Crippen LogP contribution is -2.52. The number of aliphatic hydroxyl groups excluding tert-OH is 1. The highest BCUT2D eigenvalue weighted by molar-refractivity contribution is 7.07. The molecule has 0 aliphatic carbocycles. The summed E-state index contributed by atoms with van der Waals surface area (Å²) in [6.45, 7) is 8.97. The van der Waals surface area contributed by atoms with Crippen molar-refractivity contribution < 1.29 is 9.84 Å². The van der Waals surface area contributed by atoms with Crippen molar-refractivity contribution in [3.63, 3.8) is 0 Å². The average molecular weight is 386 g/mol. The van der Waals surface area contributed by atoms with Crippen LogP contribution in [-0.4, -0.2) is 67.4 Å². The molecule has 5 nitrogen and oxygen atoms in total. The molecule has 0 atom stereocenters. The second-order valence-electron chi connectivity index (χ2n) is 6.83. The Labute approximate surface area is 164 Å². The van der Waals surface area contributed by atoms with E-state index in [9.17, 15) is 0 Å². The molecule has 2 aliphatic heterocycles. The van der Waals surface area contributed by atoms with Gasteiger partial charge < -0.3 is 24.5 Å². The summed E-state index contributed by atoms with van der Waals surface area (Å²) >= 11 is 1.83. The normalized spacial score (nSPS) is 17.6. The second kappa shape index (κ2) is 8.33. The van der Waals surface area contributed by atoms with Crippen LogP contribution in [0.5, 0.6) is 5.75 Å². The minimum atomic E-state index is 0.0334. The van der Waals surface area contributed by atoms with E-state index in [1.807, 2.05) is 23.5 Å². The van der Waals surface area contributed by atoms with Gasteiger partial charge in [0.05, 0.1) is 11.1 Å². The molecule has 1 fully saturated rings. The quantitative estimate of drug-likeness (QED) is 0.807. The van der Waals surface area contributed by atoms with Crippen molar-refractivity contribution in [3.05, 3.63) is 45.5 Å². The SMILES string of the molecule is CCN1CCN(C2=c3sccc3=CCN2c2ccc(OCCO)cc2)CC1. The lowest BCUT2D eigenvalue weighted by atomic mass is 10.2. The fourth-order valence-electron chi connectivity index (χ4n) is 3.76. The third kappa shape index (κ3) is 3.83. The lowest BCUT2D eigenvalue weighted by molar-refractivity contribution is 0.180. The third-order valence-corrected chi connectivity index (χ3v) is 6.20. The van der Waals surface area contributed by atoms with Gasteiger partial charge in [0, 0.05) is 38.4 Å². The molecular weight excluding hydrogens is 358 g/mol. The van der Waals surface area contributed by atoms with Gasteiger partial charge in [-0.15, -0.1) is 11.3 Å². The Hall–Kier alpha value is -2.02. The molecule has 2 aromatic rings. The summed E-state index contributed by atoms with van der Waals surface area (Å²) in [5, 5.41) is 12.5. The number of fused-ring (bicyclic) bond motifs is 1. The molecule has 1 saturated heterocycles. The van der Waals surface area contributed by atoms with Crippen LogP contribution < -0.4 is 19.4 Å². The molecule has 144 valence electrons. The monoisotopic (exact) mass is 385 g/mol. The molecule has 0 amide bonds. The maximum atomic E-state index is 8.93. The Kier molecular flexibility index (Phi) is 5.66. The molecule has 0 spiro atoms. The summed E-state index contributed by atoms with van der Waals surface area (Å²) in [6, 6.07) is 10.4. The molecule has 1 N–H and O–H groups in total. The van der Waals surface area contributed by atoms with E-state index in [1.54, 1.807) is 0 Å². The molecule has 0 saturated carbocycles. The zero-order valence-corrected chi connectivity index (χ0v) is 16.6. The van der Waals surface area contributed by atoms with Gasteiger partial charge in [0.1, 0.15) is 18.2 Å². The standard InChI is InChI=1S/C21H27N3O2S/c1-2-22-10-12-23(13-11-22)21-20-17(8-16-27-20)7-9-24(21)18-3-5-19(6-4-18)26-15-14-25/h3-8,16,25H,2,9-15H2,1H3. The van der Waals surface area contributed by atoms with E-state index in [1.165, 1.54) is 21.3 Å². The fourth-order valence-corrected chi connectivity index (χ4v) is 4.75. The van der Waals surface area contributed by atoms with Crippen LogP contribution in [0.25, 0.3) is 11.9 Å². The van der Waals surface area contributed by atoms with E-state index < -0.39 is 0 Å². The van der Waals surface area contributed by atoms with Crippen LogP contribution in [0.4, 0.5) is 5.69 Å². The van der Waals surface area contributed by atoms with E-state index in [0.717, 1.165) is 45.0 Å². The smallest absolute Gasteiger partial charge is 0.127 e. The van der Waals surface area contributed by atoms with Crippen LogP contribution in [-0.2, 0) is 0 Å². The first kappa shape index (κ1) is 18.3. The molecular formula is C21H27N3O2S. The summed E-state index contributed by atoms with van der Waals surface area (Å²) < 4.78 is 6.88. The molecule has 27 heavy (non-hydrogen) atoms. The highest BCUT2D eigenvalue weighted by atomic mass is 32.1. The molecule has 1 aromatic carbocycles. The summed E-state index contributed by atoms with van der Waals surface area (Å²) in [7, 11) is 0. The van der Waals surface area contributed by atoms with E-state index in [-0.39, 0.29) is 6.61 Å². The summed E-state index contributed by atoms with van der Waals surface area (Å²) in [6.07, 6.45) is 2.31. The van der Waals surface area contributed by atoms with E-state index in [4.69, 9.17) is 9.84 Å². The van der Waals surface area contributed by atoms with Gasteiger partial charge in [-0.25, -0.2) is 0 Å². The van der Waals surface area contributed by atoms with E-state index >= 15 is 0 Å². The maximum Gasteiger partial charge on any atom is 0.127 e. The minimum absolute atomic E-state index is 0.0334. The molecule has 1 aromatic heterocycles. The van der Waals surface area contributed by atoms with Crippen LogP contribution >= 0.6 is 11.3 Å². The van der Waals surface area contributed by atoms with Gasteiger partial charge in [-0.05, 0) is 47.5 Å². The number of piperazine rings is 1. The van der Waals surface area contributed by atoms with Crippen molar-refractivity contribution in [1.29, 1.82) is 0 Å². The Morgan fingerprint density at radius 1 is 1.07 bits per heavy atom. The van der Waals surface area contributed by atoms with Crippen LogP contribution in [0.1, 0.15) is 6.92 Å². The predicted molar refractivity (Wildman–Crippen MR) is 111 cm³/mol. The van der Waals surface area contributed by atoms with Crippen molar-refractivity contribution in [2.45, 2.75) is 6.92 Å². The first-order chi connectivity index (χ1) is 13.3. The Morgan fingerprint density at radius 3 is 2.56 bits per heavy atom. The van der Waals surface area contributed by atoms with Crippen molar-refractivity contribution in [3.8, 4) is 5.75 Å². The van der Waals surface area contributed by atoms with Crippen molar-refractivity contribution in [2.75, 3.05) is 57.4 Å². The Balaban J connectivity index is 1.64. The zero-order valence-electron chi connectivity index (χ0n) is 15.8. The molecule has 4 rings (SSSR count). The second-order valence-corrected chi connectivity index (χ2v) is 7.75. The highest BCUT2D eigenvalue weighted by Gasteiger charge is 2.25. The first-order valence-electron chi connectivity index (χ1n) is 9.66. The van der Waals surface area contributed by atoms with Gasteiger partial charge in [-0.3, -0.25) is 0 Å². The number of ether oxygens (including phenoxy) is 1. The van der Waals surface area contributed by atoms with Gasteiger partial charge in [-0.1, -0.05) is 13.0 Å². The number of nitrogens with zero attached hydrogens (tertiary/aromatic N) is 3. The number of hydrogen-bond donors (Lipinski definition) is 1. The van der Waals surface area contributed by atoms with Crippen LogP contribution in [0.15, 0.2) is 35.7 Å². The van der Waals surface area contributed by atoms with Crippen LogP contribution in [0.2, 0.25) is 0 Å². The average Bonchev–Trinajstić information content (AvgIpc) is 3.21. The van der Waals surface area contributed by atoms with Gasteiger partial charge >= 0.3 is 0 Å². The van der Waals surface area contributed by atoms with Gasteiger partial charge in [0.15, 0.2) is 0 Å². The maximum absolute atomic E-state index is 8.93. The lowest BCUT2D eigenvalue weighted by Gasteiger charge is -2.41. The summed E-state index contributed by atoms with van der Waals surface area (Å²) in [5.74, 6) is 2.13. The van der Waals surface area contributed by atoms with E-state index in [2.05, 4.69) is 51.3 Å². The van der Waals surface area contributed by atoms with Crippen LogP contribution in [0, 0.1) is 0 Å². The third-order valence-electron chi connectivity index (χ3n) is 5.28. The minimum Gasteiger partial charge on any atom is -0.491 e. The molecule has 0 radical (unpaired) electrons. The molecule has 3 heterocycles. The molecule has 2 aliphatic rings. The highest BCUT2D eigenvalue weighted by Crippen LogP contribution is 2.26. The number of benzene rings is 1. The fraction of sp³-hybridized carbons (Fsp3) is 0.429. The van der Waals surface area contributed by atoms with Crippen molar-refractivity contribution >= 4 is 28.9 Å². The number of aliphatic hydroxyl groups is 1. The van der Waals surface area contributed by atoms with E-state index in [0.29, 0.717) is 6.61 Å². The summed E-state index contributed by atoms with van der Waals surface area (Å²) in [4.78, 5) is 7.47. The zero-order chi connectivity index (χ0) is 18.6. The molecule has 6 heteroatoms. The molecule has 0 unspecified atom stereocenters. The predicted octanol–water partition coefficient (Wildman–Crippen LogP) is 1.12. The number of anilines is 1. The number of likely N-dealkylation sites (N-methyl/N-ethyl adjacent to an activating group) is 1. The van der Waals surface area contributed by atoms with Crippen molar-refractivity contribution in [1.82, 2.24) is 9.80 Å². The molecule has 0 bridgehead atoms. The van der Waals surface area contributed by atoms with Gasteiger partial charge in [-0.2, -0.15) is 0 Å². The van der Waals surface area contributed by atoms with Gasteiger partial charge in [0.2, 0.25) is 0 Å². The number of hydrogen-bond acceptors (Lipinski definition) is 6. The Morgan fingerprint density at radius 2 is 1.85 bits per heavy atom. The van der Waals surface area contributed by atoms with Crippen LogP contribution in [0.3, 0.4) is 0 Å².